The molecule has 0 radical (unpaired) electrons. The van der Waals surface area contributed by atoms with Crippen molar-refractivity contribution in [2.75, 3.05) is 0 Å². The van der Waals surface area contributed by atoms with E-state index in [1.165, 1.54) is 30.4 Å². The van der Waals surface area contributed by atoms with Gasteiger partial charge in [-0.25, -0.2) is 0 Å². The number of benzene rings is 2. The van der Waals surface area contributed by atoms with Gasteiger partial charge in [-0.15, -0.1) is 0 Å². The Labute approximate surface area is 135 Å². The van der Waals surface area contributed by atoms with Crippen molar-refractivity contribution in [1.29, 1.82) is 0 Å². The molecule has 2 rings (SSSR count). The molecule has 0 spiro atoms. The Hall–Kier alpha value is -2.24. The van der Waals surface area contributed by atoms with Crippen molar-refractivity contribution in [2.24, 2.45) is 0 Å². The first-order valence-electron chi connectivity index (χ1n) is 7.16. The summed E-state index contributed by atoms with van der Waals surface area (Å²) in [5.74, 6) is 0. The van der Waals surface area contributed by atoms with E-state index in [4.69, 9.17) is 0 Å². The molecule has 0 aliphatic heterocycles. The molecular weight excluding hydrogens is 330 g/mol. The van der Waals surface area contributed by atoms with E-state index < -0.39 is 23.5 Å². The fourth-order valence-electron chi connectivity index (χ4n) is 2.22. The minimum Gasteiger partial charge on any atom is -0.166 e. The van der Waals surface area contributed by atoms with Gasteiger partial charge in [0.15, 0.2) is 0 Å². The zero-order valence-electron chi connectivity index (χ0n) is 12.7. The highest BCUT2D eigenvalue weighted by atomic mass is 19.4. The predicted molar refractivity (Wildman–Crippen MR) is 81.2 cm³/mol. The minimum absolute atomic E-state index is 0.396. The third-order valence-electron chi connectivity index (χ3n) is 3.55. The Balaban J connectivity index is 2.31. The van der Waals surface area contributed by atoms with E-state index in [0.29, 0.717) is 17.5 Å². The monoisotopic (exact) mass is 344 g/mol. The van der Waals surface area contributed by atoms with Gasteiger partial charge in [0, 0.05) is 0 Å². The lowest BCUT2D eigenvalue weighted by molar-refractivity contribution is -0.138. The van der Waals surface area contributed by atoms with Gasteiger partial charge in [-0.1, -0.05) is 37.3 Å². The van der Waals surface area contributed by atoms with Gasteiger partial charge in [0.05, 0.1) is 11.1 Å². The zero-order chi connectivity index (χ0) is 18.0. The maximum atomic E-state index is 12.8. The lowest BCUT2D eigenvalue weighted by Crippen LogP contribution is -2.05. The number of rotatable bonds is 3. The molecule has 0 amide bonds. The summed E-state index contributed by atoms with van der Waals surface area (Å²) in [5.41, 5.74) is 0.0700. The van der Waals surface area contributed by atoms with E-state index in [0.717, 1.165) is 29.8 Å². The number of alkyl halides is 6. The van der Waals surface area contributed by atoms with Crippen LogP contribution in [-0.2, 0) is 18.8 Å². The quantitative estimate of drug-likeness (QED) is 0.443. The predicted octanol–water partition coefficient (Wildman–Crippen LogP) is 6.46. The highest BCUT2D eigenvalue weighted by molar-refractivity contribution is 5.71. The van der Waals surface area contributed by atoms with Crippen molar-refractivity contribution in [3.8, 4) is 0 Å². The summed E-state index contributed by atoms with van der Waals surface area (Å²) in [5, 5.41) is 0. The number of aryl methyl sites for hydroxylation is 1. The van der Waals surface area contributed by atoms with Crippen LogP contribution in [0.2, 0.25) is 0 Å². The second kappa shape index (κ2) is 6.71. The van der Waals surface area contributed by atoms with Gasteiger partial charge < -0.3 is 0 Å². The molecule has 0 N–H and O–H groups in total. The third kappa shape index (κ3) is 4.40. The second-order valence-electron chi connectivity index (χ2n) is 5.22. The first kappa shape index (κ1) is 18.1. The molecule has 6 heteroatoms. The smallest absolute Gasteiger partial charge is 0.166 e. The minimum atomic E-state index is -4.44. The van der Waals surface area contributed by atoms with Crippen LogP contribution in [0, 0.1) is 0 Å². The van der Waals surface area contributed by atoms with Crippen molar-refractivity contribution in [3.63, 3.8) is 0 Å². The summed E-state index contributed by atoms with van der Waals surface area (Å²) in [6.45, 7) is 1.82. The van der Waals surface area contributed by atoms with Gasteiger partial charge in [-0.05, 0) is 47.4 Å². The van der Waals surface area contributed by atoms with E-state index in [1.807, 2.05) is 6.92 Å². The van der Waals surface area contributed by atoms with Crippen LogP contribution in [0.15, 0.2) is 42.5 Å². The summed E-state index contributed by atoms with van der Waals surface area (Å²) in [6, 6.07) is 7.90. The van der Waals surface area contributed by atoms with Gasteiger partial charge in [0.1, 0.15) is 0 Å². The normalized spacial score (nSPS) is 12.8. The van der Waals surface area contributed by atoms with Crippen LogP contribution in [-0.4, -0.2) is 0 Å². The summed E-state index contributed by atoms with van der Waals surface area (Å²) in [7, 11) is 0. The van der Waals surface area contributed by atoms with Gasteiger partial charge in [0.25, 0.3) is 0 Å². The summed E-state index contributed by atoms with van der Waals surface area (Å²) in [6.07, 6.45) is -5.34. The molecule has 128 valence electrons. The number of halogens is 6. The number of hydrogen-bond donors (Lipinski definition) is 0. The summed E-state index contributed by atoms with van der Waals surface area (Å²) >= 11 is 0. The van der Waals surface area contributed by atoms with Gasteiger partial charge in [0.2, 0.25) is 0 Å². The zero-order valence-corrected chi connectivity index (χ0v) is 12.7. The molecule has 0 heterocycles. The standard InChI is InChI=1S/C18H14F6/c1-2-13-7-10-16(18(22,23)24)11-14(13)6-3-12-4-8-15(9-5-12)17(19,20)21/h3-11H,2H2,1H3/b6-3+. The van der Waals surface area contributed by atoms with Crippen LogP contribution in [0.1, 0.15) is 34.7 Å². The molecule has 2 aromatic rings. The molecule has 0 fully saturated rings. The lowest BCUT2D eigenvalue weighted by atomic mass is 10.0. The van der Waals surface area contributed by atoms with E-state index in [-0.39, 0.29) is 0 Å². The average molecular weight is 344 g/mol. The Morgan fingerprint density at radius 2 is 1.29 bits per heavy atom. The molecule has 0 saturated carbocycles. The SMILES string of the molecule is CCc1ccc(C(F)(F)F)cc1/C=C/c1ccc(C(F)(F)F)cc1. The Morgan fingerprint density at radius 3 is 1.79 bits per heavy atom. The van der Waals surface area contributed by atoms with Gasteiger partial charge >= 0.3 is 12.4 Å². The van der Waals surface area contributed by atoms with Crippen LogP contribution in [0.5, 0.6) is 0 Å². The van der Waals surface area contributed by atoms with Crippen LogP contribution >= 0.6 is 0 Å². The Bertz CT molecular complexity index is 721. The Morgan fingerprint density at radius 1 is 0.750 bits per heavy atom. The summed E-state index contributed by atoms with van der Waals surface area (Å²) in [4.78, 5) is 0. The van der Waals surface area contributed by atoms with E-state index in [1.54, 1.807) is 0 Å². The molecule has 0 saturated heterocycles. The van der Waals surface area contributed by atoms with Crippen LogP contribution in [0.25, 0.3) is 12.2 Å². The van der Waals surface area contributed by atoms with E-state index in [2.05, 4.69) is 0 Å². The van der Waals surface area contributed by atoms with Crippen LogP contribution in [0.3, 0.4) is 0 Å². The topological polar surface area (TPSA) is 0 Å². The van der Waals surface area contributed by atoms with Gasteiger partial charge in [-0.2, -0.15) is 26.3 Å². The van der Waals surface area contributed by atoms with Crippen molar-refractivity contribution in [2.45, 2.75) is 25.7 Å². The van der Waals surface area contributed by atoms with Crippen molar-refractivity contribution in [3.05, 3.63) is 70.3 Å². The molecule has 0 bridgehead atoms. The summed E-state index contributed by atoms with van der Waals surface area (Å²) < 4.78 is 75.9. The second-order valence-corrected chi connectivity index (χ2v) is 5.22. The highest BCUT2D eigenvalue weighted by Gasteiger charge is 2.31. The molecule has 0 aromatic heterocycles. The third-order valence-corrected chi connectivity index (χ3v) is 3.55. The molecule has 24 heavy (non-hydrogen) atoms. The van der Waals surface area contributed by atoms with Crippen molar-refractivity contribution in [1.82, 2.24) is 0 Å². The van der Waals surface area contributed by atoms with Crippen molar-refractivity contribution >= 4 is 12.2 Å². The average Bonchev–Trinajstić information content (AvgIpc) is 2.51. The fraction of sp³-hybridized carbons (Fsp3) is 0.222. The maximum absolute atomic E-state index is 12.8. The molecule has 0 aliphatic carbocycles. The maximum Gasteiger partial charge on any atom is 0.416 e. The van der Waals surface area contributed by atoms with Crippen LogP contribution < -0.4 is 0 Å². The molecule has 0 atom stereocenters. The first-order valence-corrected chi connectivity index (χ1v) is 7.16. The lowest BCUT2D eigenvalue weighted by Gasteiger charge is -2.10. The van der Waals surface area contributed by atoms with Crippen LogP contribution in [0.4, 0.5) is 26.3 Å². The fourth-order valence-corrected chi connectivity index (χ4v) is 2.22. The van der Waals surface area contributed by atoms with Crippen molar-refractivity contribution < 1.29 is 26.3 Å². The first-order chi connectivity index (χ1) is 11.1. The molecule has 0 nitrogen and oxygen atoms in total. The van der Waals surface area contributed by atoms with Gasteiger partial charge in [-0.3, -0.25) is 0 Å². The van der Waals surface area contributed by atoms with E-state index >= 15 is 0 Å². The number of hydrogen-bond acceptors (Lipinski definition) is 0. The molecule has 0 aliphatic rings. The Kier molecular flexibility index (Phi) is 5.06. The van der Waals surface area contributed by atoms with E-state index in [9.17, 15) is 26.3 Å². The largest absolute Gasteiger partial charge is 0.416 e. The molecule has 2 aromatic carbocycles. The highest BCUT2D eigenvalue weighted by Crippen LogP contribution is 2.32. The molecule has 0 unspecified atom stereocenters. The molecular formula is C18H14F6.